The van der Waals surface area contributed by atoms with E-state index in [4.69, 9.17) is 5.73 Å². The molecule has 0 spiro atoms. The molecule has 1 aromatic carbocycles. The lowest BCUT2D eigenvalue weighted by Crippen LogP contribution is -2.14. The van der Waals surface area contributed by atoms with Crippen molar-refractivity contribution in [1.82, 2.24) is 0 Å². The van der Waals surface area contributed by atoms with E-state index in [0.717, 1.165) is 18.4 Å². The summed E-state index contributed by atoms with van der Waals surface area (Å²) in [5.74, 6) is 0.530. The van der Waals surface area contributed by atoms with Crippen LogP contribution in [0.5, 0.6) is 0 Å². The van der Waals surface area contributed by atoms with Crippen molar-refractivity contribution in [2.45, 2.75) is 38.7 Å². The maximum Gasteiger partial charge on any atom is 0.0914 e. The third-order valence-electron chi connectivity index (χ3n) is 3.00. The van der Waals surface area contributed by atoms with Crippen molar-refractivity contribution in [2.75, 3.05) is 6.54 Å². The first-order chi connectivity index (χ1) is 7.24. The zero-order chi connectivity index (χ0) is 11.3. The Kier molecular flexibility index (Phi) is 4.79. The Bertz CT molecular complexity index is 294. The van der Waals surface area contributed by atoms with Crippen LogP contribution in [-0.4, -0.2) is 11.7 Å². The third-order valence-corrected chi connectivity index (χ3v) is 3.00. The van der Waals surface area contributed by atoms with Crippen molar-refractivity contribution in [1.29, 1.82) is 0 Å². The highest BCUT2D eigenvalue weighted by atomic mass is 16.3. The van der Waals surface area contributed by atoms with Crippen LogP contribution in [0.15, 0.2) is 24.3 Å². The zero-order valence-corrected chi connectivity index (χ0v) is 9.61. The largest absolute Gasteiger partial charge is 0.387 e. The van der Waals surface area contributed by atoms with Crippen LogP contribution in [0, 0.1) is 0 Å². The van der Waals surface area contributed by atoms with Crippen LogP contribution >= 0.6 is 0 Å². The average Bonchev–Trinajstić information content (AvgIpc) is 2.30. The summed E-state index contributed by atoms with van der Waals surface area (Å²) in [6.07, 6.45) is 1.68. The molecule has 1 aromatic rings. The van der Waals surface area contributed by atoms with Crippen LogP contribution in [0.2, 0.25) is 0 Å². The van der Waals surface area contributed by atoms with Gasteiger partial charge in [-0.2, -0.15) is 0 Å². The van der Waals surface area contributed by atoms with Gasteiger partial charge in [0.1, 0.15) is 0 Å². The van der Waals surface area contributed by atoms with Gasteiger partial charge in [-0.3, -0.25) is 0 Å². The fourth-order valence-electron chi connectivity index (χ4n) is 2.04. The molecule has 0 saturated carbocycles. The fraction of sp³-hybridized carbons (Fsp3) is 0.538. The normalized spacial score (nSPS) is 13.1. The lowest BCUT2D eigenvalue weighted by molar-refractivity contribution is 0.185. The molecule has 3 N–H and O–H groups in total. The van der Waals surface area contributed by atoms with Gasteiger partial charge < -0.3 is 10.8 Å². The molecule has 84 valence electrons. The Labute approximate surface area is 92.1 Å². The Morgan fingerprint density at radius 1 is 1.13 bits per heavy atom. The van der Waals surface area contributed by atoms with E-state index in [2.05, 4.69) is 19.9 Å². The maximum absolute atomic E-state index is 9.83. The number of hydrogen-bond donors (Lipinski definition) is 2. The summed E-state index contributed by atoms with van der Waals surface area (Å²) >= 11 is 0. The van der Waals surface area contributed by atoms with E-state index in [1.807, 2.05) is 18.2 Å². The molecular formula is C13H21NO. The van der Waals surface area contributed by atoms with Gasteiger partial charge in [-0.25, -0.2) is 0 Å². The summed E-state index contributed by atoms with van der Waals surface area (Å²) < 4.78 is 0. The third kappa shape index (κ3) is 2.80. The SMILES string of the molecule is CCC(CC)c1ccccc1C(O)CN. The van der Waals surface area contributed by atoms with Gasteiger partial charge in [-0.05, 0) is 29.9 Å². The standard InChI is InChI=1S/C13H21NO/c1-3-10(4-2)11-7-5-6-8-12(11)13(15)9-14/h5-8,10,13,15H,3-4,9,14H2,1-2H3. The van der Waals surface area contributed by atoms with E-state index in [1.165, 1.54) is 5.56 Å². The first kappa shape index (κ1) is 12.2. The molecule has 0 aliphatic carbocycles. The number of rotatable bonds is 5. The second kappa shape index (κ2) is 5.89. The van der Waals surface area contributed by atoms with Gasteiger partial charge in [0.05, 0.1) is 6.10 Å². The van der Waals surface area contributed by atoms with Gasteiger partial charge in [0.15, 0.2) is 0 Å². The van der Waals surface area contributed by atoms with E-state index in [0.29, 0.717) is 5.92 Å². The van der Waals surface area contributed by atoms with Gasteiger partial charge in [-0.15, -0.1) is 0 Å². The van der Waals surface area contributed by atoms with Crippen LogP contribution in [0.4, 0.5) is 0 Å². The van der Waals surface area contributed by atoms with Crippen LogP contribution in [0.25, 0.3) is 0 Å². The van der Waals surface area contributed by atoms with Crippen molar-refractivity contribution in [3.8, 4) is 0 Å². The molecule has 2 heteroatoms. The van der Waals surface area contributed by atoms with Crippen molar-refractivity contribution >= 4 is 0 Å². The molecule has 0 aliphatic rings. The Balaban J connectivity index is 3.04. The van der Waals surface area contributed by atoms with Crippen LogP contribution < -0.4 is 5.73 Å². The average molecular weight is 207 g/mol. The first-order valence-electron chi connectivity index (χ1n) is 5.71. The van der Waals surface area contributed by atoms with Gasteiger partial charge in [-0.1, -0.05) is 38.1 Å². The van der Waals surface area contributed by atoms with Gasteiger partial charge in [0.2, 0.25) is 0 Å². The van der Waals surface area contributed by atoms with E-state index >= 15 is 0 Å². The molecule has 0 radical (unpaired) electrons. The smallest absolute Gasteiger partial charge is 0.0914 e. The summed E-state index contributed by atoms with van der Waals surface area (Å²) in [5, 5.41) is 9.83. The highest BCUT2D eigenvalue weighted by Crippen LogP contribution is 2.29. The molecule has 1 rings (SSSR count). The Morgan fingerprint density at radius 2 is 1.67 bits per heavy atom. The monoisotopic (exact) mass is 207 g/mol. The molecule has 1 atom stereocenters. The molecule has 15 heavy (non-hydrogen) atoms. The molecule has 0 amide bonds. The highest BCUT2D eigenvalue weighted by Gasteiger charge is 2.15. The minimum Gasteiger partial charge on any atom is -0.387 e. The summed E-state index contributed by atoms with van der Waals surface area (Å²) in [7, 11) is 0. The van der Waals surface area contributed by atoms with Gasteiger partial charge in [0, 0.05) is 6.54 Å². The lowest BCUT2D eigenvalue weighted by atomic mass is 9.88. The van der Waals surface area contributed by atoms with E-state index in [9.17, 15) is 5.11 Å². The molecule has 0 aliphatic heterocycles. The van der Waals surface area contributed by atoms with E-state index in [-0.39, 0.29) is 6.54 Å². The lowest BCUT2D eigenvalue weighted by Gasteiger charge is -2.20. The second-order valence-corrected chi connectivity index (χ2v) is 3.89. The maximum atomic E-state index is 9.83. The summed E-state index contributed by atoms with van der Waals surface area (Å²) in [5.41, 5.74) is 7.75. The zero-order valence-electron chi connectivity index (χ0n) is 9.61. The summed E-state index contributed by atoms with van der Waals surface area (Å²) in [6.45, 7) is 4.65. The van der Waals surface area contributed by atoms with E-state index in [1.54, 1.807) is 0 Å². The first-order valence-corrected chi connectivity index (χ1v) is 5.71. The van der Waals surface area contributed by atoms with Gasteiger partial charge in [0.25, 0.3) is 0 Å². The van der Waals surface area contributed by atoms with Crippen molar-refractivity contribution in [2.24, 2.45) is 5.73 Å². The summed E-state index contributed by atoms with van der Waals surface area (Å²) in [4.78, 5) is 0. The fourth-order valence-corrected chi connectivity index (χ4v) is 2.04. The predicted octanol–water partition coefficient (Wildman–Crippen LogP) is 2.58. The Morgan fingerprint density at radius 3 is 2.13 bits per heavy atom. The number of aliphatic hydroxyl groups is 1. The molecule has 1 unspecified atom stereocenters. The highest BCUT2D eigenvalue weighted by molar-refractivity contribution is 5.32. The van der Waals surface area contributed by atoms with E-state index < -0.39 is 6.10 Å². The van der Waals surface area contributed by atoms with Crippen molar-refractivity contribution < 1.29 is 5.11 Å². The quantitative estimate of drug-likeness (QED) is 0.779. The number of aliphatic hydroxyl groups excluding tert-OH is 1. The Hall–Kier alpha value is -0.860. The molecule has 0 saturated heterocycles. The molecule has 0 aromatic heterocycles. The molecular weight excluding hydrogens is 186 g/mol. The van der Waals surface area contributed by atoms with Gasteiger partial charge >= 0.3 is 0 Å². The van der Waals surface area contributed by atoms with Crippen molar-refractivity contribution in [3.63, 3.8) is 0 Å². The van der Waals surface area contributed by atoms with Crippen LogP contribution in [0.3, 0.4) is 0 Å². The minimum absolute atomic E-state index is 0.289. The topological polar surface area (TPSA) is 46.2 Å². The molecule has 0 heterocycles. The van der Waals surface area contributed by atoms with Crippen molar-refractivity contribution in [3.05, 3.63) is 35.4 Å². The molecule has 0 bridgehead atoms. The van der Waals surface area contributed by atoms with Crippen LogP contribution in [-0.2, 0) is 0 Å². The second-order valence-electron chi connectivity index (χ2n) is 3.89. The van der Waals surface area contributed by atoms with Crippen LogP contribution in [0.1, 0.15) is 49.8 Å². The molecule has 0 fully saturated rings. The minimum atomic E-state index is -0.526. The number of hydrogen-bond acceptors (Lipinski definition) is 2. The number of nitrogens with two attached hydrogens (primary N) is 1. The predicted molar refractivity (Wildman–Crippen MR) is 63.8 cm³/mol. The number of benzene rings is 1. The summed E-state index contributed by atoms with van der Waals surface area (Å²) in [6, 6.07) is 8.07. The molecule has 2 nitrogen and oxygen atoms in total.